The van der Waals surface area contributed by atoms with E-state index in [-0.39, 0.29) is 17.7 Å². The average molecular weight is 498 g/mol. The standard InChI is InChI=1S/C32H39N3O2/c1-2-10-30(36)34-29-17-15-25(16-18-29)26-19-23-35(24-20-26)22-9-21-33-32(37)31(27-11-5-3-6-12-27)28-13-7-4-8-14-28/h3-8,11-18,26,31H,2,9-10,19-24H2,1H3,(H,33,37)(H,34,36). The molecule has 5 heteroatoms. The number of piperidine rings is 1. The Kier molecular flexibility index (Phi) is 9.89. The molecule has 194 valence electrons. The Labute approximate surface area is 221 Å². The van der Waals surface area contributed by atoms with Crippen molar-refractivity contribution in [3.8, 4) is 0 Å². The monoisotopic (exact) mass is 497 g/mol. The lowest BCUT2D eigenvalue weighted by molar-refractivity contribution is -0.121. The Hall–Kier alpha value is -3.44. The number of hydrogen-bond donors (Lipinski definition) is 2. The zero-order valence-corrected chi connectivity index (χ0v) is 21.9. The molecule has 5 nitrogen and oxygen atoms in total. The van der Waals surface area contributed by atoms with Crippen molar-refractivity contribution in [2.75, 3.05) is 31.5 Å². The highest BCUT2D eigenvalue weighted by Crippen LogP contribution is 2.29. The van der Waals surface area contributed by atoms with Gasteiger partial charge in [-0.1, -0.05) is 79.7 Å². The number of nitrogens with one attached hydrogen (secondary N) is 2. The van der Waals surface area contributed by atoms with Crippen molar-refractivity contribution in [3.05, 3.63) is 102 Å². The van der Waals surface area contributed by atoms with Crippen molar-refractivity contribution in [1.82, 2.24) is 10.2 Å². The van der Waals surface area contributed by atoms with E-state index in [4.69, 9.17) is 0 Å². The smallest absolute Gasteiger partial charge is 0.232 e. The molecule has 0 aromatic heterocycles. The highest BCUT2D eigenvalue weighted by Gasteiger charge is 2.23. The summed E-state index contributed by atoms with van der Waals surface area (Å²) in [5.74, 6) is 0.416. The van der Waals surface area contributed by atoms with E-state index in [9.17, 15) is 9.59 Å². The molecule has 1 aliphatic heterocycles. The number of nitrogens with zero attached hydrogens (tertiary/aromatic N) is 1. The number of rotatable bonds is 11. The lowest BCUT2D eigenvalue weighted by Gasteiger charge is -2.32. The van der Waals surface area contributed by atoms with E-state index < -0.39 is 0 Å². The predicted molar refractivity (Wildman–Crippen MR) is 151 cm³/mol. The largest absolute Gasteiger partial charge is 0.355 e. The Bertz CT molecular complexity index is 1070. The summed E-state index contributed by atoms with van der Waals surface area (Å²) in [7, 11) is 0. The maximum atomic E-state index is 13.2. The van der Waals surface area contributed by atoms with E-state index >= 15 is 0 Å². The number of amides is 2. The van der Waals surface area contributed by atoms with Gasteiger partial charge in [0.25, 0.3) is 0 Å². The van der Waals surface area contributed by atoms with Crippen molar-refractivity contribution in [2.24, 2.45) is 0 Å². The molecule has 4 rings (SSSR count). The van der Waals surface area contributed by atoms with Crippen molar-refractivity contribution in [3.63, 3.8) is 0 Å². The second kappa shape index (κ2) is 13.8. The molecule has 0 bridgehead atoms. The topological polar surface area (TPSA) is 61.4 Å². The first-order chi connectivity index (χ1) is 18.1. The van der Waals surface area contributed by atoms with Gasteiger partial charge in [0, 0.05) is 18.7 Å². The Morgan fingerprint density at radius 3 is 2.03 bits per heavy atom. The third kappa shape index (κ3) is 7.77. The van der Waals surface area contributed by atoms with Crippen LogP contribution in [0.5, 0.6) is 0 Å². The van der Waals surface area contributed by atoms with Gasteiger partial charge >= 0.3 is 0 Å². The number of anilines is 1. The summed E-state index contributed by atoms with van der Waals surface area (Å²) in [5.41, 5.74) is 4.27. The minimum atomic E-state index is -0.288. The van der Waals surface area contributed by atoms with Gasteiger partial charge in [0.2, 0.25) is 11.8 Å². The molecule has 2 N–H and O–H groups in total. The SMILES string of the molecule is CCCC(=O)Nc1ccc(C2CCN(CCCNC(=O)C(c3ccccc3)c3ccccc3)CC2)cc1. The van der Waals surface area contributed by atoms with Crippen LogP contribution in [-0.2, 0) is 9.59 Å². The molecule has 1 heterocycles. The summed E-state index contributed by atoms with van der Waals surface area (Å²) in [6.07, 6.45) is 4.64. The normalized spacial score (nSPS) is 14.4. The Morgan fingerprint density at radius 2 is 1.46 bits per heavy atom. The lowest BCUT2D eigenvalue weighted by atomic mass is 9.89. The second-order valence-electron chi connectivity index (χ2n) is 9.94. The molecule has 3 aromatic carbocycles. The highest BCUT2D eigenvalue weighted by atomic mass is 16.2. The van der Waals surface area contributed by atoms with Crippen LogP contribution in [0.3, 0.4) is 0 Å². The van der Waals surface area contributed by atoms with Gasteiger partial charge in [0.05, 0.1) is 5.92 Å². The molecule has 0 unspecified atom stereocenters. The van der Waals surface area contributed by atoms with Gasteiger partial charge in [0.15, 0.2) is 0 Å². The maximum Gasteiger partial charge on any atom is 0.232 e. The van der Waals surface area contributed by atoms with Crippen LogP contribution in [0, 0.1) is 0 Å². The third-order valence-electron chi connectivity index (χ3n) is 7.21. The maximum absolute atomic E-state index is 13.2. The summed E-state index contributed by atoms with van der Waals surface area (Å²) in [6, 6.07) is 28.4. The second-order valence-corrected chi connectivity index (χ2v) is 9.94. The molecule has 3 aromatic rings. The molecule has 2 amide bonds. The summed E-state index contributed by atoms with van der Waals surface area (Å²) in [6.45, 7) is 5.84. The molecule has 37 heavy (non-hydrogen) atoms. The molecular weight excluding hydrogens is 458 g/mol. The fourth-order valence-corrected chi connectivity index (χ4v) is 5.18. The molecule has 1 fully saturated rings. The number of carbonyl (C=O) groups is 2. The Morgan fingerprint density at radius 1 is 0.865 bits per heavy atom. The highest BCUT2D eigenvalue weighted by molar-refractivity contribution is 5.90. The third-order valence-corrected chi connectivity index (χ3v) is 7.21. The van der Waals surface area contributed by atoms with E-state index in [0.717, 1.165) is 62.1 Å². The summed E-state index contributed by atoms with van der Waals surface area (Å²) in [5, 5.41) is 6.15. The minimum absolute atomic E-state index is 0.0606. The van der Waals surface area contributed by atoms with Crippen LogP contribution in [0.4, 0.5) is 5.69 Å². The number of hydrogen-bond acceptors (Lipinski definition) is 3. The van der Waals surface area contributed by atoms with Crippen molar-refractivity contribution in [2.45, 2.75) is 50.9 Å². The number of carbonyl (C=O) groups excluding carboxylic acids is 2. The van der Waals surface area contributed by atoms with Crippen molar-refractivity contribution >= 4 is 17.5 Å². The summed E-state index contributed by atoms with van der Waals surface area (Å²) >= 11 is 0. The average Bonchev–Trinajstić information content (AvgIpc) is 2.93. The predicted octanol–water partition coefficient (Wildman–Crippen LogP) is 5.94. The fourth-order valence-electron chi connectivity index (χ4n) is 5.18. The fraction of sp³-hybridized carbons (Fsp3) is 0.375. The molecule has 1 saturated heterocycles. The van der Waals surface area contributed by atoms with E-state index in [1.54, 1.807) is 0 Å². The lowest BCUT2D eigenvalue weighted by Crippen LogP contribution is -2.36. The number of benzene rings is 3. The first-order valence-corrected chi connectivity index (χ1v) is 13.6. The zero-order chi connectivity index (χ0) is 25.9. The van der Waals surface area contributed by atoms with E-state index in [1.165, 1.54) is 5.56 Å². The zero-order valence-electron chi connectivity index (χ0n) is 21.9. The summed E-state index contributed by atoms with van der Waals surface area (Å²) in [4.78, 5) is 27.5. The van der Waals surface area contributed by atoms with Gasteiger partial charge in [-0.25, -0.2) is 0 Å². The molecule has 0 spiro atoms. The summed E-state index contributed by atoms with van der Waals surface area (Å²) < 4.78 is 0. The van der Waals surface area contributed by atoms with Crippen LogP contribution in [-0.4, -0.2) is 42.9 Å². The first-order valence-electron chi connectivity index (χ1n) is 13.6. The van der Waals surface area contributed by atoms with Crippen LogP contribution in [0.2, 0.25) is 0 Å². The molecule has 0 atom stereocenters. The van der Waals surface area contributed by atoms with Gasteiger partial charge in [-0.15, -0.1) is 0 Å². The van der Waals surface area contributed by atoms with Crippen LogP contribution >= 0.6 is 0 Å². The van der Waals surface area contributed by atoms with E-state index in [0.29, 0.717) is 18.9 Å². The first kappa shape index (κ1) is 26.6. The van der Waals surface area contributed by atoms with Gasteiger partial charge in [-0.3, -0.25) is 9.59 Å². The molecule has 0 saturated carbocycles. The molecule has 1 aliphatic rings. The van der Waals surface area contributed by atoms with Crippen LogP contribution in [0.1, 0.15) is 67.6 Å². The van der Waals surface area contributed by atoms with Gasteiger partial charge in [0.1, 0.15) is 0 Å². The van der Waals surface area contributed by atoms with Gasteiger partial charge < -0.3 is 15.5 Å². The molecule has 0 aliphatic carbocycles. The van der Waals surface area contributed by atoms with Gasteiger partial charge in [-0.05, 0) is 80.1 Å². The van der Waals surface area contributed by atoms with Crippen LogP contribution in [0.25, 0.3) is 0 Å². The Balaban J connectivity index is 1.20. The van der Waals surface area contributed by atoms with Crippen LogP contribution < -0.4 is 10.6 Å². The minimum Gasteiger partial charge on any atom is -0.355 e. The van der Waals surface area contributed by atoms with Crippen molar-refractivity contribution < 1.29 is 9.59 Å². The van der Waals surface area contributed by atoms with E-state index in [1.807, 2.05) is 79.7 Å². The number of likely N-dealkylation sites (tertiary alicyclic amines) is 1. The van der Waals surface area contributed by atoms with E-state index in [2.05, 4.69) is 27.7 Å². The van der Waals surface area contributed by atoms with Gasteiger partial charge in [-0.2, -0.15) is 0 Å². The van der Waals surface area contributed by atoms with Crippen molar-refractivity contribution in [1.29, 1.82) is 0 Å². The molecular formula is C32H39N3O2. The van der Waals surface area contributed by atoms with Crippen LogP contribution in [0.15, 0.2) is 84.9 Å². The molecule has 0 radical (unpaired) electrons. The quantitative estimate of drug-likeness (QED) is 0.322.